The van der Waals surface area contributed by atoms with E-state index in [0.717, 1.165) is 61.6 Å². The molecule has 7 rings (SSSR count). The molecule has 5 aromatic rings. The second-order valence-corrected chi connectivity index (χ2v) is 15.9. The van der Waals surface area contributed by atoms with Crippen LogP contribution in [0.5, 0.6) is 5.75 Å². The maximum Gasteiger partial charge on any atom is 0.417 e. The standard InChI is InChI=1S/C44H41F4N7O7S/c45-25-12-14-26(15-13-25)52-40(59)38-37(49)36-29(44(46,47)48)22-31(53-41(36)63-38)24-10-16-27(17-11-24)62-23-34(57)51-21-6-4-2-1-3-5-20-50-30-9-7-8-28-35(30)43(61)55(42(28)60)32-18-19-33(56)54-39(32)58/h7-17,22,32,50H,1-6,18-21,23,49H2,(H,51,57)(H,52,59)(H,54,56,58). The highest BCUT2D eigenvalue weighted by Gasteiger charge is 2.45. The number of benzene rings is 3. The van der Waals surface area contributed by atoms with Crippen LogP contribution in [0.3, 0.4) is 0 Å². The minimum Gasteiger partial charge on any atom is -0.484 e. The Morgan fingerprint density at radius 2 is 1.60 bits per heavy atom. The van der Waals surface area contributed by atoms with Crippen molar-refractivity contribution in [3.63, 3.8) is 0 Å². The quantitative estimate of drug-likeness (QED) is 0.0358. The van der Waals surface area contributed by atoms with Crippen molar-refractivity contribution in [1.29, 1.82) is 0 Å². The van der Waals surface area contributed by atoms with E-state index in [1.807, 2.05) is 0 Å². The number of hydrogen-bond donors (Lipinski definition) is 5. The number of piperidine rings is 1. The SMILES string of the molecule is Nc1c(C(=O)Nc2ccc(F)cc2)sc2nc(-c3ccc(OCC(=O)NCCCCCCCCNc4cccc5c4C(=O)N(C4CCC(=O)NC4=O)C5=O)cc3)cc(C(F)(F)F)c12. The smallest absolute Gasteiger partial charge is 0.417 e. The molecule has 1 fully saturated rings. The van der Waals surface area contributed by atoms with Gasteiger partial charge in [-0.25, -0.2) is 9.37 Å². The maximum absolute atomic E-state index is 14.3. The van der Waals surface area contributed by atoms with Crippen molar-refractivity contribution in [3.05, 3.63) is 100 Å². The van der Waals surface area contributed by atoms with Crippen LogP contribution >= 0.6 is 11.3 Å². The van der Waals surface area contributed by atoms with Gasteiger partial charge in [0.1, 0.15) is 27.3 Å². The Morgan fingerprint density at radius 1 is 0.905 bits per heavy atom. The molecular formula is C44H41F4N7O7S. The summed E-state index contributed by atoms with van der Waals surface area (Å²) in [6, 6.07) is 15.7. The normalized spacial score (nSPS) is 15.0. The van der Waals surface area contributed by atoms with Crippen molar-refractivity contribution in [3.8, 4) is 17.0 Å². The molecule has 63 heavy (non-hydrogen) atoms. The van der Waals surface area contributed by atoms with Gasteiger partial charge in [0.2, 0.25) is 11.8 Å². The number of rotatable bonds is 17. The van der Waals surface area contributed by atoms with Crippen LogP contribution in [0.15, 0.2) is 72.8 Å². The molecule has 2 aliphatic rings. The van der Waals surface area contributed by atoms with Gasteiger partial charge in [0, 0.05) is 41.8 Å². The minimum atomic E-state index is -4.82. The van der Waals surface area contributed by atoms with Gasteiger partial charge < -0.3 is 26.4 Å². The summed E-state index contributed by atoms with van der Waals surface area (Å²) in [5.41, 5.74) is 6.15. The zero-order valence-corrected chi connectivity index (χ0v) is 34.3. The Morgan fingerprint density at radius 3 is 2.30 bits per heavy atom. The van der Waals surface area contributed by atoms with E-state index in [4.69, 9.17) is 10.5 Å². The van der Waals surface area contributed by atoms with Crippen LogP contribution in [0, 0.1) is 5.82 Å². The number of anilines is 3. The van der Waals surface area contributed by atoms with Crippen molar-refractivity contribution in [2.75, 3.05) is 36.1 Å². The third-order valence-corrected chi connectivity index (χ3v) is 11.6. The van der Waals surface area contributed by atoms with Gasteiger partial charge in [-0.15, -0.1) is 11.3 Å². The molecule has 0 saturated carbocycles. The largest absolute Gasteiger partial charge is 0.484 e. The molecule has 2 aromatic heterocycles. The first-order valence-electron chi connectivity index (χ1n) is 20.1. The second kappa shape index (κ2) is 19.0. The third-order valence-electron chi connectivity index (χ3n) is 10.5. The lowest BCUT2D eigenvalue weighted by Crippen LogP contribution is -2.54. The van der Waals surface area contributed by atoms with Gasteiger partial charge in [0.15, 0.2) is 6.61 Å². The number of pyridine rings is 1. The molecule has 6 amide bonds. The molecule has 0 aliphatic carbocycles. The van der Waals surface area contributed by atoms with Crippen LogP contribution in [-0.2, 0) is 20.6 Å². The molecule has 1 saturated heterocycles. The van der Waals surface area contributed by atoms with E-state index in [1.54, 1.807) is 18.2 Å². The van der Waals surface area contributed by atoms with Crippen LogP contribution in [0.25, 0.3) is 21.5 Å². The van der Waals surface area contributed by atoms with Crippen molar-refractivity contribution >= 4 is 74.1 Å². The van der Waals surface area contributed by atoms with E-state index in [1.165, 1.54) is 36.4 Å². The number of nitrogens with two attached hydrogens (primary N) is 1. The lowest BCUT2D eigenvalue weighted by atomic mass is 10.0. The monoisotopic (exact) mass is 887 g/mol. The molecule has 0 radical (unpaired) electrons. The number of amides is 6. The highest BCUT2D eigenvalue weighted by atomic mass is 32.1. The van der Waals surface area contributed by atoms with Crippen LogP contribution in [0.4, 0.5) is 34.6 Å². The van der Waals surface area contributed by atoms with Crippen molar-refractivity contribution < 1.29 is 51.1 Å². The summed E-state index contributed by atoms with van der Waals surface area (Å²) in [7, 11) is 0. The van der Waals surface area contributed by atoms with E-state index < -0.39 is 58.5 Å². The summed E-state index contributed by atoms with van der Waals surface area (Å²) in [6.45, 7) is 0.740. The molecule has 4 heterocycles. The van der Waals surface area contributed by atoms with Gasteiger partial charge in [-0.1, -0.05) is 31.7 Å². The number of nitrogens with one attached hydrogen (secondary N) is 4. The van der Waals surface area contributed by atoms with Crippen molar-refractivity contribution in [2.45, 2.75) is 63.6 Å². The minimum absolute atomic E-state index is 0.0179. The van der Waals surface area contributed by atoms with Crippen LogP contribution in [-0.4, -0.2) is 71.1 Å². The first-order chi connectivity index (χ1) is 30.2. The van der Waals surface area contributed by atoms with E-state index >= 15 is 0 Å². The molecule has 0 spiro atoms. The first-order valence-corrected chi connectivity index (χ1v) is 21.0. The molecule has 19 heteroatoms. The Bertz CT molecular complexity index is 2580. The van der Waals surface area contributed by atoms with E-state index in [9.17, 15) is 46.3 Å². The van der Waals surface area contributed by atoms with Crippen LogP contribution in [0.1, 0.15) is 87.3 Å². The average molecular weight is 888 g/mol. The highest BCUT2D eigenvalue weighted by molar-refractivity contribution is 7.21. The number of ether oxygens (including phenoxy) is 1. The lowest BCUT2D eigenvalue weighted by molar-refractivity contribution is -0.137. The second-order valence-electron chi connectivity index (χ2n) is 14.9. The number of fused-ring (bicyclic) bond motifs is 2. The van der Waals surface area contributed by atoms with E-state index in [-0.39, 0.29) is 63.3 Å². The summed E-state index contributed by atoms with van der Waals surface area (Å²) in [5.74, 6) is -3.52. The fourth-order valence-corrected chi connectivity index (χ4v) is 8.39. The summed E-state index contributed by atoms with van der Waals surface area (Å²) in [6.07, 6.45) is 0.549. The van der Waals surface area contributed by atoms with Gasteiger partial charge in [0.25, 0.3) is 23.6 Å². The number of nitrogen functional groups attached to an aromatic ring is 1. The van der Waals surface area contributed by atoms with Crippen LogP contribution < -0.4 is 31.7 Å². The molecule has 0 bridgehead atoms. The number of aromatic nitrogens is 1. The van der Waals surface area contributed by atoms with Gasteiger partial charge >= 0.3 is 6.18 Å². The number of alkyl halides is 3. The summed E-state index contributed by atoms with van der Waals surface area (Å²) in [5, 5.41) is 10.4. The zero-order chi connectivity index (χ0) is 44.8. The number of thiophene rings is 1. The number of hydrogen-bond acceptors (Lipinski definition) is 11. The topological polar surface area (TPSA) is 202 Å². The molecule has 2 aliphatic heterocycles. The first kappa shape index (κ1) is 44.2. The zero-order valence-electron chi connectivity index (χ0n) is 33.5. The predicted molar refractivity (Wildman–Crippen MR) is 227 cm³/mol. The number of carbonyl (C=O) groups excluding carboxylic acids is 6. The highest BCUT2D eigenvalue weighted by Crippen LogP contribution is 2.44. The Labute approximate surface area is 361 Å². The fraction of sp³-hybridized carbons (Fsp3) is 0.295. The van der Waals surface area contributed by atoms with Crippen molar-refractivity contribution in [2.24, 2.45) is 0 Å². The fourth-order valence-electron chi connectivity index (χ4n) is 7.37. The summed E-state index contributed by atoms with van der Waals surface area (Å²) < 4.78 is 61.8. The number of nitrogens with zero attached hydrogens (tertiary/aromatic N) is 2. The lowest BCUT2D eigenvalue weighted by Gasteiger charge is -2.27. The number of halogens is 4. The third kappa shape index (κ3) is 10.1. The Kier molecular flexibility index (Phi) is 13.3. The Balaban J connectivity index is 0.814. The average Bonchev–Trinajstić information content (AvgIpc) is 3.73. The summed E-state index contributed by atoms with van der Waals surface area (Å²) >= 11 is 0.702. The predicted octanol–water partition coefficient (Wildman–Crippen LogP) is 7.30. The number of unbranched alkanes of at least 4 members (excludes halogenated alkanes) is 5. The van der Waals surface area contributed by atoms with Gasteiger partial charge in [-0.3, -0.25) is 39.0 Å². The van der Waals surface area contributed by atoms with E-state index in [0.29, 0.717) is 41.4 Å². The molecule has 3 aromatic carbocycles. The molecule has 6 N–H and O–H groups in total. The maximum atomic E-state index is 14.3. The van der Waals surface area contributed by atoms with Gasteiger partial charge in [-0.2, -0.15) is 13.2 Å². The van der Waals surface area contributed by atoms with Crippen LogP contribution in [0.2, 0.25) is 0 Å². The van der Waals surface area contributed by atoms with Gasteiger partial charge in [0.05, 0.1) is 28.1 Å². The van der Waals surface area contributed by atoms with E-state index in [2.05, 4.69) is 26.3 Å². The summed E-state index contributed by atoms with van der Waals surface area (Å²) in [4.78, 5) is 80.7. The molecule has 14 nitrogen and oxygen atoms in total. The number of carbonyl (C=O) groups is 6. The molecule has 1 unspecified atom stereocenters. The van der Waals surface area contributed by atoms with Gasteiger partial charge in [-0.05, 0) is 86.0 Å². The molecule has 328 valence electrons. The van der Waals surface area contributed by atoms with Crippen molar-refractivity contribution in [1.82, 2.24) is 20.5 Å². The number of imide groups is 2. The molecule has 1 atom stereocenters. The Hall–Kier alpha value is -6.89. The molecular weight excluding hydrogens is 847 g/mol.